The molecule has 216 valence electrons. The number of aromatic amines is 1. The number of alkyl halides is 3. The van der Waals surface area contributed by atoms with Crippen LogP contribution in [0.1, 0.15) is 34.0 Å². The van der Waals surface area contributed by atoms with Crippen LogP contribution in [0.15, 0.2) is 54.9 Å². The van der Waals surface area contributed by atoms with Crippen molar-refractivity contribution in [2.75, 3.05) is 55.7 Å². The largest absolute Gasteiger partial charge is 0.416 e. The third-order valence-corrected chi connectivity index (χ3v) is 7.58. The van der Waals surface area contributed by atoms with Gasteiger partial charge in [0.25, 0.3) is 5.91 Å². The van der Waals surface area contributed by atoms with Crippen molar-refractivity contribution in [2.45, 2.75) is 26.6 Å². The Morgan fingerprint density at radius 1 is 1.02 bits per heavy atom. The van der Waals surface area contributed by atoms with Crippen LogP contribution in [0.3, 0.4) is 0 Å². The molecule has 1 aliphatic heterocycles. The van der Waals surface area contributed by atoms with Gasteiger partial charge in [-0.2, -0.15) is 13.2 Å². The number of nitrogens with one attached hydrogen (secondary N) is 4. The normalized spacial score (nSPS) is 14.8. The lowest BCUT2D eigenvalue weighted by Crippen LogP contribution is -2.45. The van der Waals surface area contributed by atoms with Gasteiger partial charge in [0.15, 0.2) is 0 Å². The number of carbonyl (C=O) groups is 1. The number of aromatic nitrogens is 2. The monoisotopic (exact) mass is 565 g/mol. The van der Waals surface area contributed by atoms with Crippen LogP contribution >= 0.6 is 0 Å². The quantitative estimate of drug-likeness (QED) is 0.208. The number of pyridine rings is 1. The second-order valence-electron chi connectivity index (χ2n) is 10.2. The number of benzene rings is 2. The average molecular weight is 566 g/mol. The van der Waals surface area contributed by atoms with E-state index in [0.717, 1.165) is 49.7 Å². The van der Waals surface area contributed by atoms with Gasteiger partial charge in [-0.05, 0) is 54.9 Å². The Bertz CT molecular complexity index is 1540. The highest BCUT2D eigenvalue weighted by molar-refractivity contribution is 6.12. The molecule has 3 heterocycles. The minimum absolute atomic E-state index is 0.255. The Kier molecular flexibility index (Phi) is 8.18. The predicted molar refractivity (Wildman–Crippen MR) is 157 cm³/mol. The molecule has 5 rings (SSSR count). The molecule has 1 saturated heterocycles. The smallest absolute Gasteiger partial charge is 0.387 e. The first-order valence-corrected chi connectivity index (χ1v) is 13.6. The number of amides is 1. The van der Waals surface area contributed by atoms with Crippen LogP contribution in [0, 0.1) is 6.92 Å². The first-order chi connectivity index (χ1) is 19.7. The Morgan fingerprint density at radius 3 is 2.44 bits per heavy atom. The van der Waals surface area contributed by atoms with E-state index in [9.17, 15) is 18.0 Å². The molecule has 41 heavy (non-hydrogen) atoms. The van der Waals surface area contributed by atoms with E-state index < -0.39 is 11.7 Å². The van der Waals surface area contributed by atoms with Crippen LogP contribution in [0.4, 0.5) is 35.9 Å². The van der Waals surface area contributed by atoms with Crippen LogP contribution in [0.25, 0.3) is 11.0 Å². The lowest BCUT2D eigenvalue weighted by Gasteiger charge is -2.34. The molecule has 2 aromatic heterocycles. The van der Waals surface area contributed by atoms with E-state index in [1.54, 1.807) is 43.6 Å². The number of nitrogens with zero attached hydrogens (tertiary/aromatic N) is 3. The fourth-order valence-corrected chi connectivity index (χ4v) is 5.20. The molecule has 4 N–H and O–H groups in total. The van der Waals surface area contributed by atoms with Crippen molar-refractivity contribution in [1.29, 1.82) is 0 Å². The molecule has 1 fully saturated rings. The summed E-state index contributed by atoms with van der Waals surface area (Å²) in [6.45, 7) is 8.35. The Labute approximate surface area is 236 Å². The zero-order chi connectivity index (χ0) is 29.1. The van der Waals surface area contributed by atoms with Crippen LogP contribution in [0.2, 0.25) is 0 Å². The van der Waals surface area contributed by atoms with Gasteiger partial charge in [-0.25, -0.2) is 4.98 Å². The maximum Gasteiger partial charge on any atom is 0.416 e. The maximum absolute atomic E-state index is 14.1. The SMILES string of the molecule is CCN1CCN(Cc2ccc(Nc3ccc(C)c(NC(=O)c4cnc5[nH]ccc5c4NC)c3)cc2C(F)(F)F)CC1. The van der Waals surface area contributed by atoms with Gasteiger partial charge in [-0.1, -0.05) is 19.1 Å². The van der Waals surface area contributed by atoms with Crippen LogP contribution in [-0.2, 0) is 12.7 Å². The number of fused-ring (bicyclic) bond motifs is 1. The number of carbonyl (C=O) groups excluding carboxylic acids is 1. The van der Waals surface area contributed by atoms with E-state index in [0.29, 0.717) is 34.0 Å². The molecule has 2 aromatic carbocycles. The minimum atomic E-state index is -4.48. The van der Waals surface area contributed by atoms with Gasteiger partial charge in [0, 0.05) is 74.6 Å². The van der Waals surface area contributed by atoms with Gasteiger partial charge in [-0.3, -0.25) is 9.69 Å². The number of aryl methyl sites for hydroxylation is 1. The molecule has 0 spiro atoms. The molecule has 1 aliphatic rings. The van der Waals surface area contributed by atoms with E-state index in [1.165, 1.54) is 6.20 Å². The van der Waals surface area contributed by atoms with Crippen molar-refractivity contribution in [3.8, 4) is 0 Å². The molecule has 0 aliphatic carbocycles. The van der Waals surface area contributed by atoms with Crippen LogP contribution in [-0.4, -0.2) is 65.4 Å². The zero-order valence-corrected chi connectivity index (χ0v) is 23.3. The standard InChI is InChI=1S/C30H34F3N7O/c1-4-39-11-13-40(14-12-39)18-20-6-8-21(15-25(20)30(31,32)33)37-22-7-5-19(2)26(16-22)38-29(41)24-17-36-28-23(9-10-35-28)27(24)34-3/h5-10,15-17,37H,4,11-14,18H2,1-3H3,(H,38,41)(H2,34,35,36). The van der Waals surface area contributed by atoms with Gasteiger partial charge in [-0.15, -0.1) is 0 Å². The van der Waals surface area contributed by atoms with Gasteiger partial charge < -0.3 is 25.8 Å². The lowest BCUT2D eigenvalue weighted by molar-refractivity contribution is -0.138. The Balaban J connectivity index is 1.34. The van der Waals surface area contributed by atoms with E-state index in [2.05, 4.69) is 42.6 Å². The number of hydrogen-bond donors (Lipinski definition) is 4. The first-order valence-electron chi connectivity index (χ1n) is 13.6. The van der Waals surface area contributed by atoms with Gasteiger partial charge in [0.05, 0.1) is 16.8 Å². The number of hydrogen-bond acceptors (Lipinski definition) is 6. The molecule has 0 atom stereocenters. The highest BCUT2D eigenvalue weighted by atomic mass is 19.4. The fraction of sp³-hybridized carbons (Fsp3) is 0.333. The molecule has 1 amide bonds. The van der Waals surface area contributed by atoms with E-state index in [-0.39, 0.29) is 18.0 Å². The number of halogens is 3. The van der Waals surface area contributed by atoms with Crippen molar-refractivity contribution in [2.24, 2.45) is 0 Å². The summed E-state index contributed by atoms with van der Waals surface area (Å²) in [5, 5.41) is 9.87. The molecule has 0 radical (unpaired) electrons. The van der Waals surface area contributed by atoms with E-state index in [1.807, 2.05) is 13.0 Å². The molecular weight excluding hydrogens is 531 g/mol. The highest BCUT2D eigenvalue weighted by Crippen LogP contribution is 2.36. The molecular formula is C30H34F3N7O. The third-order valence-electron chi connectivity index (χ3n) is 7.58. The number of H-pyrrole nitrogens is 1. The number of likely N-dealkylation sites (N-methyl/N-ethyl adjacent to an activating group) is 1. The van der Waals surface area contributed by atoms with Crippen molar-refractivity contribution in [3.05, 3.63) is 77.1 Å². The van der Waals surface area contributed by atoms with Crippen molar-refractivity contribution >= 4 is 39.7 Å². The third kappa shape index (κ3) is 6.31. The van der Waals surface area contributed by atoms with Crippen molar-refractivity contribution in [3.63, 3.8) is 0 Å². The highest BCUT2D eigenvalue weighted by Gasteiger charge is 2.34. The lowest BCUT2D eigenvalue weighted by atomic mass is 10.0. The van der Waals surface area contributed by atoms with Crippen LogP contribution < -0.4 is 16.0 Å². The fourth-order valence-electron chi connectivity index (χ4n) is 5.20. The van der Waals surface area contributed by atoms with Crippen LogP contribution in [0.5, 0.6) is 0 Å². The molecule has 11 heteroatoms. The summed E-state index contributed by atoms with van der Waals surface area (Å²) in [5.41, 5.74) is 3.51. The summed E-state index contributed by atoms with van der Waals surface area (Å²) in [5.74, 6) is -0.353. The number of anilines is 4. The zero-order valence-electron chi connectivity index (χ0n) is 23.3. The molecule has 0 bridgehead atoms. The Hall–Kier alpha value is -4.09. The molecule has 0 unspecified atom stereocenters. The topological polar surface area (TPSA) is 88.3 Å². The summed E-state index contributed by atoms with van der Waals surface area (Å²) in [6.07, 6.45) is -1.23. The Morgan fingerprint density at radius 2 is 1.73 bits per heavy atom. The summed E-state index contributed by atoms with van der Waals surface area (Å²) in [7, 11) is 1.74. The number of rotatable bonds is 8. The molecule has 4 aromatic rings. The second kappa shape index (κ2) is 11.8. The van der Waals surface area contributed by atoms with E-state index in [4.69, 9.17) is 0 Å². The van der Waals surface area contributed by atoms with Crippen molar-refractivity contribution in [1.82, 2.24) is 19.8 Å². The average Bonchev–Trinajstić information content (AvgIpc) is 3.44. The molecule has 8 nitrogen and oxygen atoms in total. The summed E-state index contributed by atoms with van der Waals surface area (Å²) < 4.78 is 42.3. The number of piperazine rings is 1. The minimum Gasteiger partial charge on any atom is -0.387 e. The van der Waals surface area contributed by atoms with E-state index >= 15 is 0 Å². The summed E-state index contributed by atoms with van der Waals surface area (Å²) in [6, 6.07) is 11.5. The second-order valence-corrected chi connectivity index (χ2v) is 10.2. The first kappa shape index (κ1) is 28.4. The van der Waals surface area contributed by atoms with Gasteiger partial charge in [0.1, 0.15) is 5.65 Å². The predicted octanol–water partition coefficient (Wildman–Crippen LogP) is 6.07. The summed E-state index contributed by atoms with van der Waals surface area (Å²) >= 11 is 0. The van der Waals surface area contributed by atoms with Crippen molar-refractivity contribution < 1.29 is 18.0 Å². The summed E-state index contributed by atoms with van der Waals surface area (Å²) in [4.78, 5) is 24.9. The maximum atomic E-state index is 14.1. The van der Waals surface area contributed by atoms with Gasteiger partial charge in [0.2, 0.25) is 0 Å². The molecule has 0 saturated carbocycles. The van der Waals surface area contributed by atoms with Gasteiger partial charge >= 0.3 is 6.18 Å².